The lowest BCUT2D eigenvalue weighted by atomic mass is 10.0. The molecule has 2 amide bonds. The lowest BCUT2D eigenvalue weighted by molar-refractivity contribution is -0.176. The highest BCUT2D eigenvalue weighted by Crippen LogP contribution is 2.19. The van der Waals surface area contributed by atoms with Gasteiger partial charge in [0.1, 0.15) is 6.61 Å². The lowest BCUT2D eigenvalue weighted by Crippen LogP contribution is -2.37. The summed E-state index contributed by atoms with van der Waals surface area (Å²) in [5.74, 6) is -0.589. The van der Waals surface area contributed by atoms with Crippen LogP contribution >= 0.6 is 0 Å². The minimum atomic E-state index is -4.35. The van der Waals surface area contributed by atoms with E-state index in [0.717, 1.165) is 21.9 Å². The number of halogens is 3. The second-order valence-corrected chi connectivity index (χ2v) is 7.29. The van der Waals surface area contributed by atoms with Gasteiger partial charge in [0.2, 0.25) is 11.8 Å². The van der Waals surface area contributed by atoms with Gasteiger partial charge in [0, 0.05) is 6.54 Å². The third kappa shape index (κ3) is 7.39. The molecule has 32 heavy (non-hydrogen) atoms. The molecule has 0 aliphatic heterocycles. The molecule has 3 aromatic carbocycles. The van der Waals surface area contributed by atoms with Gasteiger partial charge in [-0.25, -0.2) is 0 Å². The molecule has 0 fully saturated rings. The van der Waals surface area contributed by atoms with E-state index in [1.54, 1.807) is 24.3 Å². The molecule has 3 aromatic rings. The summed E-state index contributed by atoms with van der Waals surface area (Å²) in [7, 11) is 0. The van der Waals surface area contributed by atoms with E-state index in [-0.39, 0.29) is 37.9 Å². The van der Waals surface area contributed by atoms with Crippen molar-refractivity contribution < 1.29 is 27.5 Å². The number of hydrogen-bond donors (Lipinski definition) is 2. The van der Waals surface area contributed by atoms with Crippen molar-refractivity contribution in [2.24, 2.45) is 0 Å². The molecule has 168 valence electrons. The minimum Gasteiger partial charge on any atom is -0.367 e. The SMILES string of the molecule is O=C(CNC(=O)Cc1cccc2ccccc12)NCc1ccc(COCC(F)(F)F)cc1. The summed E-state index contributed by atoms with van der Waals surface area (Å²) in [4.78, 5) is 24.3. The van der Waals surface area contributed by atoms with Crippen LogP contribution < -0.4 is 10.6 Å². The van der Waals surface area contributed by atoms with Gasteiger partial charge in [-0.2, -0.15) is 13.2 Å². The molecular formula is C24H23F3N2O3. The fraction of sp³-hybridized carbons (Fsp3) is 0.250. The summed E-state index contributed by atoms with van der Waals surface area (Å²) in [6, 6.07) is 20.2. The topological polar surface area (TPSA) is 67.4 Å². The van der Waals surface area contributed by atoms with Crippen LogP contribution in [0.4, 0.5) is 13.2 Å². The van der Waals surface area contributed by atoms with E-state index in [1.807, 2.05) is 42.5 Å². The third-order valence-electron chi connectivity index (χ3n) is 4.72. The maximum atomic E-state index is 12.2. The second kappa shape index (κ2) is 10.8. The molecule has 0 aliphatic carbocycles. The van der Waals surface area contributed by atoms with E-state index >= 15 is 0 Å². The first-order valence-corrected chi connectivity index (χ1v) is 10.0. The molecule has 2 N–H and O–H groups in total. The largest absolute Gasteiger partial charge is 0.411 e. The van der Waals surface area contributed by atoms with Gasteiger partial charge < -0.3 is 15.4 Å². The van der Waals surface area contributed by atoms with Crippen molar-refractivity contribution in [1.82, 2.24) is 10.6 Å². The van der Waals surface area contributed by atoms with E-state index in [9.17, 15) is 22.8 Å². The first kappa shape index (κ1) is 23.3. The number of ether oxygens (including phenoxy) is 1. The molecule has 0 radical (unpaired) electrons. The summed E-state index contributed by atoms with van der Waals surface area (Å²) in [6.07, 6.45) is -4.18. The van der Waals surface area contributed by atoms with Crippen LogP contribution in [-0.2, 0) is 33.9 Å². The smallest absolute Gasteiger partial charge is 0.367 e. The van der Waals surface area contributed by atoms with Gasteiger partial charge in [0.15, 0.2) is 0 Å². The monoisotopic (exact) mass is 444 g/mol. The van der Waals surface area contributed by atoms with E-state index in [1.165, 1.54) is 0 Å². The van der Waals surface area contributed by atoms with Crippen LogP contribution in [-0.4, -0.2) is 31.1 Å². The fourth-order valence-corrected chi connectivity index (χ4v) is 3.16. The summed E-state index contributed by atoms with van der Waals surface area (Å²) in [6.45, 7) is -1.35. The average Bonchev–Trinajstić information content (AvgIpc) is 2.76. The summed E-state index contributed by atoms with van der Waals surface area (Å²) < 4.78 is 40.9. The molecule has 0 saturated heterocycles. The number of nitrogens with one attached hydrogen (secondary N) is 2. The molecule has 0 aliphatic rings. The van der Waals surface area contributed by atoms with Gasteiger partial charge in [-0.1, -0.05) is 66.7 Å². The van der Waals surface area contributed by atoms with Gasteiger partial charge in [0.05, 0.1) is 19.6 Å². The minimum absolute atomic E-state index is 0.144. The molecule has 8 heteroatoms. The van der Waals surface area contributed by atoms with Crippen molar-refractivity contribution in [3.05, 3.63) is 83.4 Å². The highest BCUT2D eigenvalue weighted by atomic mass is 19.4. The number of fused-ring (bicyclic) bond motifs is 1. The van der Waals surface area contributed by atoms with Crippen molar-refractivity contribution >= 4 is 22.6 Å². The molecule has 0 unspecified atom stereocenters. The van der Waals surface area contributed by atoms with Crippen LogP contribution in [0.2, 0.25) is 0 Å². The molecule has 0 saturated carbocycles. The van der Waals surface area contributed by atoms with Crippen LogP contribution in [0.25, 0.3) is 10.8 Å². The highest BCUT2D eigenvalue weighted by molar-refractivity contribution is 5.91. The Labute approximate surface area is 183 Å². The van der Waals surface area contributed by atoms with E-state index in [4.69, 9.17) is 0 Å². The Morgan fingerprint density at radius 1 is 0.812 bits per heavy atom. The fourth-order valence-electron chi connectivity index (χ4n) is 3.16. The van der Waals surface area contributed by atoms with Crippen LogP contribution in [0.3, 0.4) is 0 Å². The van der Waals surface area contributed by atoms with Crippen LogP contribution in [0, 0.1) is 0 Å². The molecule has 0 atom stereocenters. The zero-order valence-corrected chi connectivity index (χ0v) is 17.2. The average molecular weight is 444 g/mol. The lowest BCUT2D eigenvalue weighted by Gasteiger charge is -2.10. The van der Waals surface area contributed by atoms with Crippen LogP contribution in [0.15, 0.2) is 66.7 Å². The summed E-state index contributed by atoms with van der Waals surface area (Å²) >= 11 is 0. The first-order chi connectivity index (χ1) is 15.3. The Hall–Kier alpha value is -3.39. The second-order valence-electron chi connectivity index (χ2n) is 7.29. The number of carbonyl (C=O) groups is 2. The van der Waals surface area contributed by atoms with Crippen molar-refractivity contribution in [3.63, 3.8) is 0 Å². The number of carbonyl (C=O) groups excluding carboxylic acids is 2. The normalized spacial score (nSPS) is 11.3. The summed E-state index contributed by atoms with van der Waals surface area (Å²) in [5.41, 5.74) is 2.27. The molecule has 3 rings (SSSR count). The van der Waals surface area contributed by atoms with Crippen molar-refractivity contribution in [2.75, 3.05) is 13.2 Å². The molecule has 0 aromatic heterocycles. The molecule has 5 nitrogen and oxygen atoms in total. The Kier molecular flexibility index (Phi) is 7.83. The Morgan fingerprint density at radius 3 is 2.25 bits per heavy atom. The number of amides is 2. The van der Waals surface area contributed by atoms with Gasteiger partial charge in [-0.05, 0) is 27.5 Å². The van der Waals surface area contributed by atoms with E-state index in [0.29, 0.717) is 5.56 Å². The summed E-state index contributed by atoms with van der Waals surface area (Å²) in [5, 5.41) is 7.36. The maximum absolute atomic E-state index is 12.2. The van der Waals surface area contributed by atoms with Crippen LogP contribution in [0.1, 0.15) is 16.7 Å². The van der Waals surface area contributed by atoms with Crippen LogP contribution in [0.5, 0.6) is 0 Å². The van der Waals surface area contributed by atoms with Gasteiger partial charge in [0.25, 0.3) is 0 Å². The Bertz CT molecular complexity index is 1060. The van der Waals surface area contributed by atoms with E-state index in [2.05, 4.69) is 15.4 Å². The number of rotatable bonds is 9. The molecular weight excluding hydrogens is 421 g/mol. The number of benzene rings is 3. The van der Waals surface area contributed by atoms with Gasteiger partial charge in [-0.3, -0.25) is 9.59 Å². The third-order valence-corrected chi connectivity index (χ3v) is 4.72. The van der Waals surface area contributed by atoms with Crippen molar-refractivity contribution in [2.45, 2.75) is 25.7 Å². The van der Waals surface area contributed by atoms with Crippen molar-refractivity contribution in [1.29, 1.82) is 0 Å². The Balaban J connectivity index is 1.40. The first-order valence-electron chi connectivity index (χ1n) is 10.0. The molecule has 0 bridgehead atoms. The Morgan fingerprint density at radius 2 is 1.50 bits per heavy atom. The predicted octanol–water partition coefficient (Wildman–Crippen LogP) is 3.89. The van der Waals surface area contributed by atoms with Gasteiger partial charge >= 0.3 is 6.18 Å². The quantitative estimate of drug-likeness (QED) is 0.526. The standard InChI is InChI=1S/C24H23F3N2O3/c25-24(26,27)16-32-15-18-10-8-17(9-11-18)13-28-23(31)14-29-22(30)12-20-6-3-5-19-4-1-2-7-21(19)20/h1-11H,12-16H2,(H,28,31)(H,29,30). The van der Waals surface area contributed by atoms with E-state index < -0.39 is 12.8 Å². The number of hydrogen-bond acceptors (Lipinski definition) is 3. The zero-order valence-electron chi connectivity index (χ0n) is 17.2. The maximum Gasteiger partial charge on any atom is 0.411 e. The predicted molar refractivity (Wildman–Crippen MR) is 115 cm³/mol. The highest BCUT2D eigenvalue weighted by Gasteiger charge is 2.27. The molecule has 0 spiro atoms. The molecule has 0 heterocycles. The van der Waals surface area contributed by atoms with Crippen molar-refractivity contribution in [3.8, 4) is 0 Å². The van der Waals surface area contributed by atoms with Gasteiger partial charge in [-0.15, -0.1) is 0 Å². The number of alkyl halides is 3. The zero-order chi connectivity index (χ0) is 23.0.